The molecule has 2 aromatic heterocycles. The van der Waals surface area contributed by atoms with Gasteiger partial charge in [0.05, 0.1) is 75.9 Å². The first kappa shape index (κ1) is 48.1. The van der Waals surface area contributed by atoms with Gasteiger partial charge in [0.25, 0.3) is 0 Å². The van der Waals surface area contributed by atoms with Gasteiger partial charge in [-0.05, 0) is 38.5 Å². The molecule has 1 aliphatic heterocycles. The number of rotatable bonds is 10. The smallest absolute Gasteiger partial charge is 0.320 e. The number of hydrogen-bond acceptors (Lipinski definition) is 8. The van der Waals surface area contributed by atoms with Crippen LogP contribution >= 0.6 is 53.1 Å². The molecule has 3 rings (SSSR count). The summed E-state index contributed by atoms with van der Waals surface area (Å²) < 4.78 is 60.9. The zero-order valence-corrected chi connectivity index (χ0v) is 38.4. The first-order valence-corrected chi connectivity index (χ1v) is 25.2. The summed E-state index contributed by atoms with van der Waals surface area (Å²) in [4.78, 5) is 62.2. The predicted molar refractivity (Wildman–Crippen MR) is 204 cm³/mol. The molecule has 3 heterocycles. The van der Waals surface area contributed by atoms with Gasteiger partial charge in [-0.3, -0.25) is 36.2 Å². The van der Waals surface area contributed by atoms with Gasteiger partial charge in [-0.25, -0.2) is 0 Å². The molecule has 291 valence electrons. The van der Waals surface area contributed by atoms with E-state index in [9.17, 15) is 47.6 Å². The first-order valence-electron chi connectivity index (χ1n) is 16.2. The zero-order chi connectivity index (χ0) is 37.9. The van der Waals surface area contributed by atoms with Crippen molar-refractivity contribution in [2.24, 2.45) is 0 Å². The average Bonchev–Trinajstić information content (AvgIpc) is 3.66. The minimum atomic E-state index is -4.54. The van der Waals surface area contributed by atoms with Crippen molar-refractivity contribution in [2.75, 3.05) is 93.7 Å². The molecule has 6 atom stereocenters. The van der Waals surface area contributed by atoms with Crippen LogP contribution < -0.4 is 17.9 Å². The maximum atomic E-state index is 13.1. The van der Waals surface area contributed by atoms with Crippen LogP contribution in [0.2, 0.25) is 0 Å². The normalized spacial score (nSPS) is 30.0. The SMILES string of the molecule is COP(=O)(O)C[N+]1(C)CCCCC[N+](C)(CP(=O)(O)OC)c2cscc2[N+](C)(CP(=O)(O)O)CCCCC[N+](C)(CP(=O)(O)O)c2cscc21.[90Y]. The molecule has 6 N–H and O–H groups in total. The van der Waals surface area contributed by atoms with E-state index in [4.69, 9.17) is 9.05 Å². The molecule has 0 amide bonds. The largest absolute Gasteiger partial charge is 0.382 e. The summed E-state index contributed by atoms with van der Waals surface area (Å²) in [7, 11) is -7.67. The molecule has 0 fully saturated rings. The number of fused-ring (bicyclic) bond motifs is 2. The van der Waals surface area contributed by atoms with Crippen molar-refractivity contribution in [3.63, 3.8) is 0 Å². The Kier molecular flexibility index (Phi) is 17.4. The molecule has 0 bridgehead atoms. The van der Waals surface area contributed by atoms with Crippen LogP contribution in [0.5, 0.6) is 0 Å². The van der Waals surface area contributed by atoms with E-state index in [2.05, 4.69) is 0 Å². The number of thiophene rings is 2. The van der Waals surface area contributed by atoms with Crippen LogP contribution in [0.15, 0.2) is 21.5 Å². The van der Waals surface area contributed by atoms with Crippen molar-refractivity contribution < 1.29 is 89.4 Å². The molecule has 0 aliphatic carbocycles. The molecule has 16 nitrogen and oxygen atoms in total. The Balaban J connectivity index is 0.00000901. The van der Waals surface area contributed by atoms with Gasteiger partial charge in [0.2, 0.25) is 22.7 Å². The molecule has 2 aromatic rings. The van der Waals surface area contributed by atoms with Crippen LogP contribution in [0.4, 0.5) is 22.7 Å². The monoisotopic (exact) mass is 918 g/mol. The molecule has 23 heteroatoms. The van der Waals surface area contributed by atoms with E-state index >= 15 is 0 Å². The third kappa shape index (κ3) is 13.5. The maximum Gasteiger partial charge on any atom is 0.382 e. The van der Waals surface area contributed by atoms with Crippen molar-refractivity contribution in [1.82, 2.24) is 17.9 Å². The minimum absolute atomic E-state index is 0. The van der Waals surface area contributed by atoms with Crippen LogP contribution in [0, 0.1) is 0 Å². The topological polar surface area (TPSA) is 208 Å². The first-order chi connectivity index (χ1) is 22.8. The van der Waals surface area contributed by atoms with Gasteiger partial charge in [-0.15, -0.1) is 22.7 Å². The molecule has 0 saturated carbocycles. The van der Waals surface area contributed by atoms with Crippen molar-refractivity contribution in [3.05, 3.63) is 21.5 Å². The molecular formula is C28H56N4O12P4S2Y+4. The molecule has 6 unspecified atom stereocenters. The van der Waals surface area contributed by atoms with Crippen LogP contribution in [0.1, 0.15) is 38.5 Å². The van der Waals surface area contributed by atoms with Crippen LogP contribution in [0.25, 0.3) is 0 Å². The summed E-state index contributed by atoms with van der Waals surface area (Å²) in [5.74, 6) is 0. The Labute approximate surface area is 334 Å². The fourth-order valence-electron chi connectivity index (χ4n) is 7.17. The second kappa shape index (κ2) is 18.5. The Morgan fingerprint density at radius 3 is 0.961 bits per heavy atom. The third-order valence-electron chi connectivity index (χ3n) is 9.72. The van der Waals surface area contributed by atoms with Crippen molar-refractivity contribution in [3.8, 4) is 0 Å². The van der Waals surface area contributed by atoms with Crippen molar-refractivity contribution in [1.29, 1.82) is 0 Å². The van der Waals surface area contributed by atoms with Crippen molar-refractivity contribution in [2.45, 2.75) is 38.5 Å². The number of quaternary nitrogens is 4. The van der Waals surface area contributed by atoms with Crippen LogP contribution in [-0.4, -0.2) is 123 Å². The molecule has 1 radical (unpaired) electrons. The van der Waals surface area contributed by atoms with Gasteiger partial charge in [0.15, 0.2) is 25.1 Å². The van der Waals surface area contributed by atoms with Gasteiger partial charge in [-0.2, -0.15) is 0 Å². The average molecular weight is 919 g/mol. The van der Waals surface area contributed by atoms with Crippen LogP contribution in [-0.2, 0) is 60.0 Å². The second-order valence-corrected chi connectivity index (χ2v) is 23.0. The van der Waals surface area contributed by atoms with Crippen LogP contribution in [0.3, 0.4) is 0 Å². The summed E-state index contributed by atoms with van der Waals surface area (Å²) in [5, 5.41) is 7.40. The van der Waals surface area contributed by atoms with E-state index in [1.165, 1.54) is 36.9 Å². The van der Waals surface area contributed by atoms with E-state index in [1.807, 2.05) is 35.6 Å². The summed E-state index contributed by atoms with van der Waals surface area (Å²) >= 11 is 2.70. The van der Waals surface area contributed by atoms with Gasteiger partial charge in [0.1, 0.15) is 0 Å². The van der Waals surface area contributed by atoms with Gasteiger partial charge >= 0.3 is 30.4 Å². The zero-order valence-electron chi connectivity index (χ0n) is 30.3. The molecule has 0 aromatic carbocycles. The Bertz CT molecular complexity index is 1540. The van der Waals surface area contributed by atoms with E-state index in [0.717, 1.165) is 0 Å². The Morgan fingerprint density at radius 1 is 0.510 bits per heavy atom. The predicted octanol–water partition coefficient (Wildman–Crippen LogP) is 5.46. The van der Waals surface area contributed by atoms with E-state index in [1.54, 1.807) is 14.1 Å². The summed E-state index contributed by atoms with van der Waals surface area (Å²) in [5.41, 5.74) is 2.64. The van der Waals surface area contributed by atoms with Gasteiger partial charge in [-0.1, -0.05) is 0 Å². The molecule has 0 saturated heterocycles. The molecule has 0 spiro atoms. The fourth-order valence-corrected chi connectivity index (χ4v) is 13.9. The van der Waals surface area contributed by atoms with E-state index < -0.39 is 43.0 Å². The van der Waals surface area contributed by atoms with Gasteiger partial charge < -0.3 is 38.4 Å². The number of hydrogen-bond donors (Lipinski definition) is 6. The summed E-state index contributed by atoms with van der Waals surface area (Å²) in [6.07, 6.45) is 1.91. The quantitative estimate of drug-likeness (QED) is 0.130. The van der Waals surface area contributed by atoms with E-state index in [-0.39, 0.29) is 63.2 Å². The van der Waals surface area contributed by atoms with E-state index in [0.29, 0.717) is 87.5 Å². The second-order valence-electron chi connectivity index (χ2n) is 14.4. The fraction of sp³-hybridized carbons (Fsp3) is 0.714. The third-order valence-corrected chi connectivity index (χ3v) is 16.2. The minimum Gasteiger partial charge on any atom is -0.320 e. The molecule has 51 heavy (non-hydrogen) atoms. The Morgan fingerprint density at radius 2 is 0.745 bits per heavy atom. The summed E-state index contributed by atoms with van der Waals surface area (Å²) in [6.45, 7) is 1.46. The molecular weight excluding hydrogens is 862 g/mol. The maximum absolute atomic E-state index is 13.1. The standard InChI is InChI=1S/C28H52N4O12P4S2.Y/c1-29(21-45(33,34)35)13-9-7-10-14-30(2,22-46(36,37)38)26-18-50-20-28(26)32(4,24-48(41,42)44-6)16-12-8-11-15-31(3,23-47(39,40)43-5)27-19-49-17-25(27)29;/h17-20H,7-16,21-24H2,1-6H3,(H2-4,33,34,35,36,37,38,39,40,41,42);/p+4/i;1+1. The molecule has 1 aliphatic rings. The Hall–Kier alpha value is 0.944. The van der Waals surface area contributed by atoms with Crippen molar-refractivity contribution >= 4 is 75.8 Å². The van der Waals surface area contributed by atoms with Gasteiger partial charge in [0, 0.05) is 46.9 Å². The number of nitrogens with zero attached hydrogens (tertiary/aromatic N) is 4. The summed E-state index contributed by atoms with van der Waals surface area (Å²) in [6, 6.07) is 0.